The van der Waals surface area contributed by atoms with Gasteiger partial charge >= 0.3 is 0 Å². The number of fused-ring (bicyclic) bond motifs is 1. The molecular weight excluding hydrogens is 517 g/mol. The monoisotopic (exact) mass is 545 g/mol. The molecule has 1 amide bonds. The molecule has 0 saturated heterocycles. The van der Waals surface area contributed by atoms with Crippen molar-refractivity contribution in [1.29, 1.82) is 0 Å². The molecule has 1 unspecified atom stereocenters. The third-order valence-corrected chi connectivity index (χ3v) is 6.08. The molecule has 0 aliphatic rings. The van der Waals surface area contributed by atoms with Crippen LogP contribution < -0.4 is 10.6 Å². The Morgan fingerprint density at radius 3 is 2.80 bits per heavy atom. The number of carbonyl (C=O) groups is 1. The Morgan fingerprint density at radius 1 is 1.30 bits per heavy atom. The zero-order chi connectivity index (χ0) is 28.6. The zero-order valence-electron chi connectivity index (χ0n) is 22.4. The average Bonchev–Trinajstić information content (AvgIpc) is 3.65. The summed E-state index contributed by atoms with van der Waals surface area (Å²) in [6.07, 6.45) is 3.15. The zero-order valence-corrected chi connectivity index (χ0v) is 22.4. The lowest BCUT2D eigenvalue weighted by molar-refractivity contribution is -0.111. The molecule has 5 rings (SSSR count). The summed E-state index contributed by atoms with van der Waals surface area (Å²) in [5, 5.41) is 24.2. The van der Waals surface area contributed by atoms with Gasteiger partial charge in [-0.2, -0.15) is 10.1 Å². The van der Waals surface area contributed by atoms with Gasteiger partial charge in [0, 0.05) is 42.5 Å². The Labute approximate surface area is 228 Å². The molecule has 0 aliphatic heterocycles. The second-order valence-corrected chi connectivity index (χ2v) is 10.2. The van der Waals surface area contributed by atoms with Crippen LogP contribution in [0.1, 0.15) is 44.3 Å². The quantitative estimate of drug-likeness (QED) is 0.168. The summed E-state index contributed by atoms with van der Waals surface area (Å²) < 4.78 is 21.8. The van der Waals surface area contributed by atoms with Crippen molar-refractivity contribution in [1.82, 2.24) is 40.2 Å². The van der Waals surface area contributed by atoms with Crippen LogP contribution in [0, 0.1) is 5.82 Å². The topological polar surface area (TPSA) is 160 Å². The maximum absolute atomic E-state index is 15.2. The standard InChI is InChI=1S/C27H28FN9O3/c1-6-19(38)31-18-13-37(5)35-21(18)23-32-20-16(9-10-29-22(20)33-23)14-7-8-15(17(28)11-14)12-30-24(39)25-34-26(36-40-25)27(2,3)4/h6-11,13,24,30,39H,1,12H2,2-5H3,(H,31,38)(H,29,32,33). The number of aromatic amines is 1. The number of imidazole rings is 1. The first-order valence-electron chi connectivity index (χ1n) is 12.4. The van der Waals surface area contributed by atoms with Crippen molar-refractivity contribution in [3.63, 3.8) is 0 Å². The first kappa shape index (κ1) is 26.8. The molecule has 4 heterocycles. The highest BCUT2D eigenvalue weighted by Gasteiger charge is 2.24. The van der Waals surface area contributed by atoms with Crippen molar-refractivity contribution in [3.8, 4) is 22.6 Å². The number of H-pyrrole nitrogens is 1. The number of nitrogens with zero attached hydrogens (tertiary/aromatic N) is 6. The van der Waals surface area contributed by atoms with Crippen LogP contribution in [0.15, 0.2) is 53.8 Å². The fraction of sp³-hybridized carbons (Fsp3) is 0.259. The molecule has 4 aromatic heterocycles. The van der Waals surface area contributed by atoms with Gasteiger partial charge in [-0.3, -0.25) is 14.8 Å². The second kappa shape index (κ2) is 10.4. The van der Waals surface area contributed by atoms with Crippen LogP contribution in [-0.4, -0.2) is 45.9 Å². The molecule has 1 atom stereocenters. The fourth-order valence-electron chi connectivity index (χ4n) is 4.01. The number of pyridine rings is 1. The molecule has 4 N–H and O–H groups in total. The van der Waals surface area contributed by atoms with Crippen molar-refractivity contribution < 1.29 is 18.8 Å². The number of rotatable bonds is 8. The highest BCUT2D eigenvalue weighted by atomic mass is 19.1. The number of nitrogens with one attached hydrogen (secondary N) is 3. The Bertz CT molecular complexity index is 1710. The molecule has 13 heteroatoms. The van der Waals surface area contributed by atoms with Crippen molar-refractivity contribution in [3.05, 3.63) is 72.4 Å². The van der Waals surface area contributed by atoms with E-state index < -0.39 is 12.0 Å². The smallest absolute Gasteiger partial charge is 0.270 e. The number of aromatic nitrogens is 7. The van der Waals surface area contributed by atoms with E-state index in [1.54, 1.807) is 42.3 Å². The molecule has 206 valence electrons. The van der Waals surface area contributed by atoms with Gasteiger partial charge in [0.05, 0.1) is 11.2 Å². The fourth-order valence-corrected chi connectivity index (χ4v) is 4.01. The van der Waals surface area contributed by atoms with Gasteiger partial charge in [-0.05, 0) is 23.8 Å². The summed E-state index contributed by atoms with van der Waals surface area (Å²) in [4.78, 5) is 28.2. The van der Waals surface area contributed by atoms with E-state index in [1.807, 2.05) is 20.8 Å². The normalized spacial score (nSPS) is 12.6. The summed E-state index contributed by atoms with van der Waals surface area (Å²) in [5.74, 6) is 0.0119. The van der Waals surface area contributed by atoms with Gasteiger partial charge in [0.15, 0.2) is 29.2 Å². The van der Waals surface area contributed by atoms with Crippen LogP contribution in [0.2, 0.25) is 0 Å². The van der Waals surface area contributed by atoms with Gasteiger partial charge in [0.25, 0.3) is 5.89 Å². The SMILES string of the molecule is C=CC(=O)Nc1cn(C)nc1-c1nc2nccc(-c3ccc(CNC(O)c4nc(C(C)(C)C)no4)c(F)c3)c2[nH]1. The summed E-state index contributed by atoms with van der Waals surface area (Å²) >= 11 is 0. The molecule has 0 spiro atoms. The van der Waals surface area contributed by atoms with E-state index in [0.717, 1.165) is 6.08 Å². The molecule has 1 aromatic carbocycles. The van der Waals surface area contributed by atoms with Gasteiger partial charge in [-0.15, -0.1) is 0 Å². The largest absolute Gasteiger partial charge is 0.370 e. The van der Waals surface area contributed by atoms with Crippen LogP contribution in [0.4, 0.5) is 10.1 Å². The van der Waals surface area contributed by atoms with Gasteiger partial charge in [-0.1, -0.05) is 44.6 Å². The maximum atomic E-state index is 15.2. The lowest BCUT2D eigenvalue weighted by Crippen LogP contribution is -2.22. The minimum atomic E-state index is -1.25. The minimum absolute atomic E-state index is 0.0105. The Hall–Kier alpha value is -4.75. The molecule has 0 bridgehead atoms. The first-order valence-corrected chi connectivity index (χ1v) is 12.4. The molecule has 0 radical (unpaired) electrons. The van der Waals surface area contributed by atoms with E-state index >= 15 is 4.39 Å². The molecule has 0 fully saturated rings. The van der Waals surface area contributed by atoms with E-state index in [4.69, 9.17) is 4.52 Å². The van der Waals surface area contributed by atoms with E-state index in [-0.39, 0.29) is 23.8 Å². The number of anilines is 1. The maximum Gasteiger partial charge on any atom is 0.270 e. The third kappa shape index (κ3) is 5.37. The number of halogens is 1. The van der Waals surface area contributed by atoms with Gasteiger partial charge in [0.2, 0.25) is 5.91 Å². The van der Waals surface area contributed by atoms with Crippen molar-refractivity contribution in [2.24, 2.45) is 7.05 Å². The predicted molar refractivity (Wildman–Crippen MR) is 145 cm³/mol. The van der Waals surface area contributed by atoms with Crippen LogP contribution in [0.25, 0.3) is 33.8 Å². The molecule has 5 aromatic rings. The molecule has 12 nitrogen and oxygen atoms in total. The van der Waals surface area contributed by atoms with E-state index in [0.29, 0.717) is 50.9 Å². The Morgan fingerprint density at radius 2 is 2.10 bits per heavy atom. The molecular formula is C27H28FN9O3. The summed E-state index contributed by atoms with van der Waals surface area (Å²) in [6, 6.07) is 6.55. The number of hydrogen-bond donors (Lipinski definition) is 4. The van der Waals surface area contributed by atoms with E-state index in [1.165, 1.54) is 6.07 Å². The third-order valence-electron chi connectivity index (χ3n) is 6.08. The van der Waals surface area contributed by atoms with E-state index in [2.05, 4.69) is 47.4 Å². The number of benzene rings is 1. The van der Waals surface area contributed by atoms with Gasteiger partial charge in [0.1, 0.15) is 5.82 Å². The summed E-state index contributed by atoms with van der Waals surface area (Å²) in [6.45, 7) is 9.29. The number of aryl methyl sites for hydroxylation is 1. The second-order valence-electron chi connectivity index (χ2n) is 10.2. The van der Waals surface area contributed by atoms with Crippen molar-refractivity contribution in [2.75, 3.05) is 5.32 Å². The number of amides is 1. The highest BCUT2D eigenvalue weighted by Crippen LogP contribution is 2.31. The minimum Gasteiger partial charge on any atom is -0.370 e. The van der Waals surface area contributed by atoms with Crippen LogP contribution in [0.3, 0.4) is 0 Å². The molecule has 40 heavy (non-hydrogen) atoms. The molecule has 0 aliphatic carbocycles. The van der Waals surface area contributed by atoms with Gasteiger partial charge in [-0.25, -0.2) is 14.4 Å². The average molecular weight is 546 g/mol. The molecule has 0 saturated carbocycles. The number of carbonyl (C=O) groups excluding carboxylic acids is 1. The highest BCUT2D eigenvalue weighted by molar-refractivity contribution is 6.01. The summed E-state index contributed by atoms with van der Waals surface area (Å²) in [5.41, 5.74) is 3.13. The number of hydrogen-bond acceptors (Lipinski definition) is 9. The lowest BCUT2D eigenvalue weighted by atomic mass is 9.96. The van der Waals surface area contributed by atoms with E-state index in [9.17, 15) is 9.90 Å². The summed E-state index contributed by atoms with van der Waals surface area (Å²) in [7, 11) is 1.72. The number of aliphatic hydroxyl groups is 1. The van der Waals surface area contributed by atoms with Gasteiger partial charge < -0.3 is 19.9 Å². The van der Waals surface area contributed by atoms with Crippen LogP contribution >= 0.6 is 0 Å². The van der Waals surface area contributed by atoms with Crippen molar-refractivity contribution >= 4 is 22.8 Å². The Kier molecular flexibility index (Phi) is 7.00. The Balaban J connectivity index is 1.38. The lowest BCUT2D eigenvalue weighted by Gasteiger charge is -2.12. The number of aliphatic hydroxyl groups excluding tert-OH is 1. The first-order chi connectivity index (χ1) is 19.0. The predicted octanol–water partition coefficient (Wildman–Crippen LogP) is 3.75. The van der Waals surface area contributed by atoms with Crippen LogP contribution in [0.5, 0.6) is 0 Å². The van der Waals surface area contributed by atoms with Crippen molar-refractivity contribution in [2.45, 2.75) is 39.0 Å². The van der Waals surface area contributed by atoms with Crippen LogP contribution in [-0.2, 0) is 23.8 Å².